The normalized spacial score (nSPS) is 10.9. The van der Waals surface area contributed by atoms with Crippen LogP contribution in [0.3, 0.4) is 0 Å². The van der Waals surface area contributed by atoms with Gasteiger partial charge in [-0.15, -0.1) is 0 Å². The van der Waals surface area contributed by atoms with Gasteiger partial charge < -0.3 is 4.74 Å². The summed E-state index contributed by atoms with van der Waals surface area (Å²) in [5.41, 5.74) is 3.48. The minimum atomic E-state index is -0.248. The number of halogens is 2. The van der Waals surface area contributed by atoms with Crippen molar-refractivity contribution < 1.29 is 9.13 Å². The highest BCUT2D eigenvalue weighted by Gasteiger charge is 2.10. The topological polar surface area (TPSA) is 22.1 Å². The van der Waals surface area contributed by atoms with Gasteiger partial charge in [-0.2, -0.15) is 0 Å². The molecule has 21 heavy (non-hydrogen) atoms. The van der Waals surface area contributed by atoms with Crippen molar-refractivity contribution in [3.63, 3.8) is 0 Å². The quantitative estimate of drug-likeness (QED) is 0.621. The number of ether oxygens (including phenoxy) is 1. The van der Waals surface area contributed by atoms with Crippen molar-refractivity contribution >= 4 is 22.5 Å². The summed E-state index contributed by atoms with van der Waals surface area (Å²) >= 11 is 6.13. The third-order valence-corrected chi connectivity index (χ3v) is 3.66. The summed E-state index contributed by atoms with van der Waals surface area (Å²) < 4.78 is 18.5. The van der Waals surface area contributed by atoms with Crippen LogP contribution in [0.1, 0.15) is 5.56 Å². The van der Waals surface area contributed by atoms with E-state index >= 15 is 0 Å². The van der Waals surface area contributed by atoms with Crippen molar-refractivity contribution in [3.8, 4) is 16.9 Å². The molecular formula is C17H13ClFNO. The monoisotopic (exact) mass is 301 g/mol. The molecule has 0 radical (unpaired) electrons. The Labute approximate surface area is 127 Å². The molecule has 0 atom stereocenters. The molecule has 2 aromatic carbocycles. The molecule has 3 aromatic rings. The largest absolute Gasteiger partial charge is 0.497 e. The van der Waals surface area contributed by atoms with Crippen LogP contribution >= 0.6 is 11.6 Å². The number of pyridine rings is 1. The molecule has 0 saturated heterocycles. The van der Waals surface area contributed by atoms with E-state index in [9.17, 15) is 4.39 Å². The number of fused-ring (bicyclic) bond motifs is 1. The molecular weight excluding hydrogens is 289 g/mol. The molecule has 0 N–H and O–H groups in total. The maximum absolute atomic E-state index is 13.3. The second kappa shape index (κ2) is 5.34. The third kappa shape index (κ3) is 2.57. The smallest absolute Gasteiger partial charge is 0.130 e. The molecule has 2 nitrogen and oxygen atoms in total. The predicted octanol–water partition coefficient (Wildman–Crippen LogP) is 5.01. The summed E-state index contributed by atoms with van der Waals surface area (Å²) in [6, 6.07) is 12.2. The van der Waals surface area contributed by atoms with E-state index < -0.39 is 0 Å². The molecule has 1 aromatic heterocycles. The molecule has 0 spiro atoms. The lowest BCUT2D eigenvalue weighted by Gasteiger charge is -2.11. The first-order chi connectivity index (χ1) is 10.1. The van der Waals surface area contributed by atoms with Crippen LogP contribution in [0.15, 0.2) is 42.5 Å². The molecule has 0 saturated carbocycles. The average Bonchev–Trinajstić information content (AvgIpc) is 2.45. The van der Waals surface area contributed by atoms with Gasteiger partial charge in [0.1, 0.15) is 16.7 Å². The highest BCUT2D eigenvalue weighted by Crippen LogP contribution is 2.33. The Morgan fingerprint density at radius 1 is 1.05 bits per heavy atom. The molecule has 0 amide bonds. The highest BCUT2D eigenvalue weighted by molar-refractivity contribution is 6.30. The minimum Gasteiger partial charge on any atom is -0.497 e. The van der Waals surface area contributed by atoms with Crippen LogP contribution in [-0.2, 0) is 0 Å². The van der Waals surface area contributed by atoms with Crippen LogP contribution in [0, 0.1) is 12.7 Å². The van der Waals surface area contributed by atoms with Crippen molar-refractivity contribution in [1.82, 2.24) is 4.98 Å². The zero-order valence-electron chi connectivity index (χ0n) is 11.7. The molecule has 4 heteroatoms. The van der Waals surface area contributed by atoms with Crippen LogP contribution < -0.4 is 4.74 Å². The molecule has 3 rings (SSSR count). The third-order valence-electron chi connectivity index (χ3n) is 3.46. The van der Waals surface area contributed by atoms with Crippen LogP contribution in [0.4, 0.5) is 4.39 Å². The first kappa shape index (κ1) is 13.8. The number of nitrogens with zero attached hydrogens (tertiary/aromatic N) is 1. The molecule has 1 heterocycles. The Morgan fingerprint density at radius 3 is 2.57 bits per heavy atom. The minimum absolute atomic E-state index is 0.248. The first-order valence-corrected chi connectivity index (χ1v) is 6.87. The van der Waals surface area contributed by atoms with E-state index in [-0.39, 0.29) is 5.82 Å². The average molecular weight is 302 g/mol. The van der Waals surface area contributed by atoms with E-state index in [0.717, 1.165) is 33.3 Å². The first-order valence-electron chi connectivity index (χ1n) is 6.49. The second-order valence-electron chi connectivity index (χ2n) is 4.83. The lowest BCUT2D eigenvalue weighted by Crippen LogP contribution is -1.91. The number of benzene rings is 2. The van der Waals surface area contributed by atoms with E-state index in [1.807, 2.05) is 25.1 Å². The SMILES string of the molecule is COc1ccc2c(-c3ccc(F)cc3C)cc(Cl)nc2c1. The van der Waals surface area contributed by atoms with Crippen LogP contribution in [0.5, 0.6) is 5.75 Å². The Balaban J connectivity index is 2.31. The van der Waals surface area contributed by atoms with Crippen LogP contribution in [0.2, 0.25) is 5.15 Å². The molecule has 0 aliphatic rings. The van der Waals surface area contributed by atoms with Gasteiger partial charge >= 0.3 is 0 Å². The molecule has 0 bridgehead atoms. The van der Waals surface area contributed by atoms with Gasteiger partial charge in [0.25, 0.3) is 0 Å². The van der Waals surface area contributed by atoms with E-state index in [0.29, 0.717) is 5.15 Å². The summed E-state index contributed by atoms with van der Waals surface area (Å²) in [5, 5.41) is 1.35. The number of aromatic nitrogens is 1. The lowest BCUT2D eigenvalue weighted by molar-refractivity contribution is 0.415. The van der Waals surface area contributed by atoms with E-state index in [2.05, 4.69) is 4.98 Å². The van der Waals surface area contributed by atoms with Crippen molar-refractivity contribution in [2.24, 2.45) is 0 Å². The molecule has 106 valence electrons. The van der Waals surface area contributed by atoms with E-state index in [1.165, 1.54) is 12.1 Å². The van der Waals surface area contributed by atoms with Gasteiger partial charge in [0.05, 0.1) is 12.6 Å². The zero-order valence-corrected chi connectivity index (χ0v) is 12.4. The lowest BCUT2D eigenvalue weighted by atomic mass is 9.97. The van der Waals surface area contributed by atoms with Gasteiger partial charge in [-0.1, -0.05) is 17.7 Å². The van der Waals surface area contributed by atoms with Gasteiger partial charge in [0.2, 0.25) is 0 Å². The van der Waals surface area contributed by atoms with Crippen molar-refractivity contribution in [2.75, 3.05) is 7.11 Å². The van der Waals surface area contributed by atoms with Gasteiger partial charge in [0, 0.05) is 11.5 Å². The van der Waals surface area contributed by atoms with Gasteiger partial charge in [-0.3, -0.25) is 0 Å². The highest BCUT2D eigenvalue weighted by atomic mass is 35.5. The van der Waals surface area contributed by atoms with Gasteiger partial charge in [-0.25, -0.2) is 9.37 Å². The Kier molecular flexibility index (Phi) is 3.52. The summed E-state index contributed by atoms with van der Waals surface area (Å²) in [7, 11) is 1.61. The molecule has 0 aliphatic heterocycles. The van der Waals surface area contributed by atoms with Gasteiger partial charge in [-0.05, 0) is 53.9 Å². The van der Waals surface area contributed by atoms with Crippen LogP contribution in [0.25, 0.3) is 22.0 Å². The number of hydrogen-bond donors (Lipinski definition) is 0. The standard InChI is InChI=1S/C17H13ClFNO/c1-10-7-11(19)3-5-13(10)15-9-17(18)20-16-8-12(21-2)4-6-14(15)16/h3-9H,1-2H3. The fourth-order valence-electron chi connectivity index (χ4n) is 2.46. The maximum atomic E-state index is 13.3. The molecule has 0 aliphatic carbocycles. The maximum Gasteiger partial charge on any atom is 0.130 e. The molecule has 0 fully saturated rings. The van der Waals surface area contributed by atoms with Crippen molar-refractivity contribution in [1.29, 1.82) is 0 Å². The zero-order chi connectivity index (χ0) is 15.0. The second-order valence-corrected chi connectivity index (χ2v) is 5.22. The number of aryl methyl sites for hydroxylation is 1. The fraction of sp³-hybridized carbons (Fsp3) is 0.118. The van der Waals surface area contributed by atoms with Crippen molar-refractivity contribution in [3.05, 3.63) is 59.0 Å². The van der Waals surface area contributed by atoms with E-state index in [4.69, 9.17) is 16.3 Å². The summed E-state index contributed by atoms with van der Waals surface area (Å²) in [6.45, 7) is 1.88. The molecule has 0 unspecified atom stereocenters. The summed E-state index contributed by atoms with van der Waals surface area (Å²) in [4.78, 5) is 4.33. The van der Waals surface area contributed by atoms with Crippen LogP contribution in [-0.4, -0.2) is 12.1 Å². The Hall–Kier alpha value is -2.13. The number of methoxy groups -OCH3 is 1. The van der Waals surface area contributed by atoms with Crippen molar-refractivity contribution in [2.45, 2.75) is 6.92 Å². The summed E-state index contributed by atoms with van der Waals surface area (Å²) in [6.07, 6.45) is 0. The predicted molar refractivity (Wildman–Crippen MR) is 83.4 cm³/mol. The Bertz CT molecular complexity index is 832. The number of rotatable bonds is 2. The van der Waals surface area contributed by atoms with Gasteiger partial charge in [0.15, 0.2) is 0 Å². The summed E-state index contributed by atoms with van der Waals surface area (Å²) in [5.74, 6) is 0.474. The number of hydrogen-bond acceptors (Lipinski definition) is 2. The Morgan fingerprint density at radius 2 is 1.86 bits per heavy atom. The van der Waals surface area contributed by atoms with E-state index in [1.54, 1.807) is 19.2 Å². The fourth-order valence-corrected chi connectivity index (χ4v) is 2.66.